The highest BCUT2D eigenvalue weighted by Crippen LogP contribution is 2.31. The smallest absolute Gasteiger partial charge is 0.238 e. The molecule has 0 saturated heterocycles. The number of imidazole rings is 1. The Kier molecular flexibility index (Phi) is 6.60. The van der Waals surface area contributed by atoms with Crippen molar-refractivity contribution in [3.8, 4) is 0 Å². The van der Waals surface area contributed by atoms with Crippen molar-refractivity contribution in [2.75, 3.05) is 0 Å². The van der Waals surface area contributed by atoms with Crippen molar-refractivity contribution < 1.29 is 13.2 Å². The molecule has 0 unspecified atom stereocenters. The number of carbonyl (C=O) groups excluding carboxylic acids is 1. The second-order valence-corrected chi connectivity index (χ2v) is 10.8. The average Bonchev–Trinajstić information content (AvgIpc) is 3.00. The molecule has 4 atom stereocenters. The van der Waals surface area contributed by atoms with Crippen LogP contribution in [0, 0.1) is 11.8 Å². The van der Waals surface area contributed by atoms with Crippen LogP contribution in [0.15, 0.2) is 28.3 Å². The molecule has 1 aliphatic rings. The van der Waals surface area contributed by atoms with E-state index in [1.807, 2.05) is 18.4 Å². The van der Waals surface area contributed by atoms with Crippen LogP contribution in [-0.2, 0) is 21.4 Å². The number of rotatable bonds is 6. The molecule has 2 aromatic rings. The highest BCUT2D eigenvalue weighted by Gasteiger charge is 2.30. The highest BCUT2D eigenvalue weighted by atomic mass is 32.2. The van der Waals surface area contributed by atoms with Gasteiger partial charge in [0.05, 0.1) is 21.2 Å². The third-order valence-electron chi connectivity index (χ3n) is 6.02. The zero-order valence-electron chi connectivity index (χ0n) is 17.4. The maximum absolute atomic E-state index is 12.8. The number of nitrogens with one attached hydrogen (secondary N) is 1. The van der Waals surface area contributed by atoms with Gasteiger partial charge in [0.15, 0.2) is 5.16 Å². The molecular formula is C20H30N4O3S2. The number of hydrogen-bond donors (Lipinski definition) is 2. The van der Waals surface area contributed by atoms with E-state index in [0.29, 0.717) is 29.1 Å². The van der Waals surface area contributed by atoms with Gasteiger partial charge in [0, 0.05) is 12.6 Å². The third kappa shape index (κ3) is 4.78. The van der Waals surface area contributed by atoms with Gasteiger partial charge >= 0.3 is 0 Å². The minimum atomic E-state index is -3.79. The van der Waals surface area contributed by atoms with Crippen LogP contribution >= 0.6 is 11.8 Å². The molecule has 3 N–H and O–H groups in total. The number of thioether (sulfide) groups is 1. The van der Waals surface area contributed by atoms with E-state index in [1.165, 1.54) is 30.3 Å². The zero-order chi connectivity index (χ0) is 21.3. The first-order valence-electron chi connectivity index (χ1n) is 10.1. The molecule has 1 fully saturated rings. The van der Waals surface area contributed by atoms with E-state index in [1.54, 1.807) is 6.07 Å². The number of amides is 1. The molecule has 0 bridgehead atoms. The molecule has 29 heavy (non-hydrogen) atoms. The SMILES string of the molecule is CCn1c(S[C@@H](C)C(=O)N[C@H]2CCC[C@@H](C)[C@@H]2C)nc2cc(S(N)(=O)=O)ccc21. The molecule has 7 nitrogen and oxygen atoms in total. The van der Waals surface area contributed by atoms with Gasteiger partial charge in [0.1, 0.15) is 0 Å². The predicted molar refractivity (Wildman–Crippen MR) is 116 cm³/mol. The van der Waals surface area contributed by atoms with Gasteiger partial charge in [0.2, 0.25) is 15.9 Å². The summed E-state index contributed by atoms with van der Waals surface area (Å²) in [5.41, 5.74) is 1.38. The summed E-state index contributed by atoms with van der Waals surface area (Å²) in [6, 6.07) is 4.90. The van der Waals surface area contributed by atoms with Gasteiger partial charge in [-0.15, -0.1) is 0 Å². The monoisotopic (exact) mass is 438 g/mol. The van der Waals surface area contributed by atoms with Crippen LogP contribution < -0.4 is 10.5 Å². The summed E-state index contributed by atoms with van der Waals surface area (Å²) in [5.74, 6) is 1.11. The number of nitrogens with zero attached hydrogens (tertiary/aromatic N) is 2. The molecule has 1 saturated carbocycles. The summed E-state index contributed by atoms with van der Waals surface area (Å²) in [4.78, 5) is 17.4. The van der Waals surface area contributed by atoms with E-state index in [4.69, 9.17) is 5.14 Å². The fourth-order valence-electron chi connectivity index (χ4n) is 3.96. The van der Waals surface area contributed by atoms with Gasteiger partial charge in [-0.2, -0.15) is 0 Å². The maximum Gasteiger partial charge on any atom is 0.238 e. The molecule has 1 aliphatic carbocycles. The van der Waals surface area contributed by atoms with Crippen molar-refractivity contribution >= 4 is 38.7 Å². The lowest BCUT2D eigenvalue weighted by atomic mass is 9.78. The van der Waals surface area contributed by atoms with Crippen LogP contribution in [0.25, 0.3) is 11.0 Å². The van der Waals surface area contributed by atoms with Gasteiger partial charge in [-0.1, -0.05) is 38.5 Å². The molecule has 9 heteroatoms. The van der Waals surface area contributed by atoms with E-state index >= 15 is 0 Å². The summed E-state index contributed by atoms with van der Waals surface area (Å²) >= 11 is 1.39. The van der Waals surface area contributed by atoms with Crippen molar-refractivity contribution in [3.63, 3.8) is 0 Å². The first kappa shape index (κ1) is 22.1. The Morgan fingerprint density at radius 2 is 2.10 bits per heavy atom. The number of aromatic nitrogens is 2. The molecule has 160 valence electrons. The zero-order valence-corrected chi connectivity index (χ0v) is 19.0. The number of fused-ring (bicyclic) bond motifs is 1. The number of carbonyl (C=O) groups is 1. The van der Waals surface area contributed by atoms with E-state index in [-0.39, 0.29) is 22.1 Å². The molecule has 1 aromatic carbocycles. The fraction of sp³-hybridized carbons (Fsp3) is 0.600. The van der Waals surface area contributed by atoms with E-state index in [9.17, 15) is 13.2 Å². The lowest BCUT2D eigenvalue weighted by Crippen LogP contribution is -2.46. The third-order valence-corrected chi connectivity index (χ3v) is 8.02. The Balaban J connectivity index is 1.78. The van der Waals surface area contributed by atoms with Crippen molar-refractivity contribution in [2.45, 2.75) is 74.8 Å². The van der Waals surface area contributed by atoms with Gasteiger partial charge < -0.3 is 9.88 Å². The average molecular weight is 439 g/mol. The van der Waals surface area contributed by atoms with Gasteiger partial charge in [-0.25, -0.2) is 18.5 Å². The molecule has 0 spiro atoms. The van der Waals surface area contributed by atoms with Crippen molar-refractivity contribution in [1.29, 1.82) is 0 Å². The lowest BCUT2D eigenvalue weighted by Gasteiger charge is -2.35. The number of aryl methyl sites for hydroxylation is 1. The topological polar surface area (TPSA) is 107 Å². The number of primary sulfonamides is 1. The molecule has 1 aromatic heterocycles. The van der Waals surface area contributed by atoms with Crippen LogP contribution in [0.3, 0.4) is 0 Å². The summed E-state index contributed by atoms with van der Waals surface area (Å²) in [6.45, 7) is 9.01. The van der Waals surface area contributed by atoms with Crippen LogP contribution in [0.2, 0.25) is 0 Å². The predicted octanol–water partition coefficient (Wildman–Crippen LogP) is 3.13. The maximum atomic E-state index is 12.8. The van der Waals surface area contributed by atoms with Crippen molar-refractivity contribution in [2.24, 2.45) is 17.0 Å². The minimum absolute atomic E-state index is 0.0147. The number of hydrogen-bond acceptors (Lipinski definition) is 5. The number of nitrogens with two attached hydrogens (primary N) is 1. The largest absolute Gasteiger partial charge is 0.352 e. The Morgan fingerprint density at radius 3 is 2.76 bits per heavy atom. The van der Waals surface area contributed by atoms with Gasteiger partial charge in [-0.05, 0) is 50.3 Å². The second kappa shape index (κ2) is 8.65. The first-order valence-corrected chi connectivity index (χ1v) is 12.5. The van der Waals surface area contributed by atoms with E-state index in [0.717, 1.165) is 18.4 Å². The molecule has 0 aliphatic heterocycles. The first-order chi connectivity index (χ1) is 13.6. The quantitative estimate of drug-likeness (QED) is 0.674. The highest BCUT2D eigenvalue weighted by molar-refractivity contribution is 8.00. The van der Waals surface area contributed by atoms with Gasteiger partial charge in [-0.3, -0.25) is 4.79 Å². The lowest BCUT2D eigenvalue weighted by molar-refractivity contribution is -0.121. The van der Waals surface area contributed by atoms with Crippen LogP contribution in [0.1, 0.15) is 47.0 Å². The van der Waals surface area contributed by atoms with Crippen molar-refractivity contribution in [1.82, 2.24) is 14.9 Å². The molecular weight excluding hydrogens is 408 g/mol. The Bertz CT molecular complexity index is 1000. The molecule has 0 radical (unpaired) electrons. The summed E-state index contributed by atoms with van der Waals surface area (Å²) < 4.78 is 25.2. The Hall–Kier alpha value is -1.58. The Labute approximate surface area is 176 Å². The van der Waals surface area contributed by atoms with Crippen LogP contribution in [0.5, 0.6) is 0 Å². The standard InChI is InChI=1S/C20H30N4O3S2/c1-5-24-18-10-9-15(29(21,26)27)11-17(18)23-20(24)28-14(4)19(25)22-16-8-6-7-12(2)13(16)3/h9-14,16H,5-8H2,1-4H3,(H,22,25)(H2,21,26,27)/t12-,13+,14+,16+/m1/s1. The van der Waals surface area contributed by atoms with Crippen molar-refractivity contribution in [3.05, 3.63) is 18.2 Å². The van der Waals surface area contributed by atoms with Crippen LogP contribution in [0.4, 0.5) is 0 Å². The van der Waals surface area contributed by atoms with Gasteiger partial charge in [0.25, 0.3) is 0 Å². The normalized spacial score (nSPS) is 23.8. The Morgan fingerprint density at radius 1 is 1.38 bits per heavy atom. The molecule has 3 rings (SSSR count). The summed E-state index contributed by atoms with van der Waals surface area (Å²) in [6.07, 6.45) is 3.40. The summed E-state index contributed by atoms with van der Waals surface area (Å²) in [5, 5.41) is 8.85. The van der Waals surface area contributed by atoms with E-state index < -0.39 is 10.0 Å². The number of benzene rings is 1. The molecule has 1 heterocycles. The van der Waals surface area contributed by atoms with E-state index in [2.05, 4.69) is 24.1 Å². The minimum Gasteiger partial charge on any atom is -0.352 e. The fourth-order valence-corrected chi connectivity index (χ4v) is 5.49. The second-order valence-electron chi connectivity index (χ2n) is 7.98. The van der Waals surface area contributed by atoms with Crippen LogP contribution in [-0.4, -0.2) is 35.2 Å². The molecule has 1 amide bonds. The summed E-state index contributed by atoms with van der Waals surface area (Å²) in [7, 11) is -3.79. The number of sulfonamides is 1.